The van der Waals surface area contributed by atoms with Crippen molar-refractivity contribution in [2.75, 3.05) is 5.32 Å². The van der Waals surface area contributed by atoms with Gasteiger partial charge >= 0.3 is 0 Å². The zero-order valence-corrected chi connectivity index (χ0v) is 11.2. The first-order valence-corrected chi connectivity index (χ1v) is 6.19. The van der Waals surface area contributed by atoms with Gasteiger partial charge in [0.25, 0.3) is 0 Å². The van der Waals surface area contributed by atoms with Crippen LogP contribution in [0.4, 0.5) is 10.1 Å². The summed E-state index contributed by atoms with van der Waals surface area (Å²) in [6, 6.07) is 11.0. The summed E-state index contributed by atoms with van der Waals surface area (Å²) < 4.78 is 13.1. The molecule has 1 N–H and O–H groups in total. The third kappa shape index (κ3) is 3.02. The van der Waals surface area contributed by atoms with Crippen LogP contribution in [0.3, 0.4) is 0 Å². The number of halogens is 2. The molecule has 0 aliphatic carbocycles. The summed E-state index contributed by atoms with van der Waals surface area (Å²) in [6.45, 7) is 4.40. The van der Waals surface area contributed by atoms with Gasteiger partial charge in [0.2, 0.25) is 0 Å². The molecule has 2 aromatic carbocycles. The van der Waals surface area contributed by atoms with Crippen molar-refractivity contribution in [3.05, 3.63) is 63.9 Å². The summed E-state index contributed by atoms with van der Waals surface area (Å²) in [7, 11) is 0. The lowest BCUT2D eigenvalue weighted by atomic mass is 10.1. The Morgan fingerprint density at radius 1 is 1.06 bits per heavy atom. The van der Waals surface area contributed by atoms with Crippen molar-refractivity contribution in [1.82, 2.24) is 0 Å². The zero-order chi connectivity index (χ0) is 13.1. The van der Waals surface area contributed by atoms with Crippen molar-refractivity contribution in [2.24, 2.45) is 0 Å². The molecule has 2 rings (SSSR count). The molecule has 0 saturated heterocycles. The molecule has 0 aliphatic rings. The van der Waals surface area contributed by atoms with E-state index in [1.165, 1.54) is 6.07 Å². The Morgan fingerprint density at radius 2 is 1.83 bits per heavy atom. The normalized spacial score (nSPS) is 10.4. The fourth-order valence-corrected chi connectivity index (χ4v) is 1.91. The Balaban J connectivity index is 2.06. The number of nitrogens with one attached hydrogen (secondary N) is 1. The lowest BCUT2D eigenvalue weighted by Crippen LogP contribution is -2.00. The summed E-state index contributed by atoms with van der Waals surface area (Å²) in [5.41, 5.74) is 3.72. The maximum atomic E-state index is 13.1. The fraction of sp³-hybridized carbons (Fsp3) is 0.200. The molecule has 0 amide bonds. The Bertz CT molecular complexity index is 515. The SMILES string of the molecule is Cc1cc(NCc2ccc(C)c(Cl)c2)ccc1F. The molecule has 0 heterocycles. The minimum absolute atomic E-state index is 0.182. The van der Waals surface area contributed by atoms with Crippen LogP contribution in [-0.2, 0) is 6.54 Å². The molecule has 0 aliphatic heterocycles. The highest BCUT2D eigenvalue weighted by Gasteiger charge is 2.00. The highest BCUT2D eigenvalue weighted by Crippen LogP contribution is 2.18. The van der Waals surface area contributed by atoms with E-state index in [0.717, 1.165) is 21.8 Å². The smallest absolute Gasteiger partial charge is 0.126 e. The molecule has 0 fully saturated rings. The molecule has 18 heavy (non-hydrogen) atoms. The number of benzene rings is 2. The summed E-state index contributed by atoms with van der Waals surface area (Å²) >= 11 is 6.06. The van der Waals surface area contributed by atoms with Crippen LogP contribution in [0, 0.1) is 19.7 Å². The van der Waals surface area contributed by atoms with Crippen LogP contribution in [0.5, 0.6) is 0 Å². The molecule has 0 spiro atoms. The molecule has 0 aromatic heterocycles. The second kappa shape index (κ2) is 5.40. The monoisotopic (exact) mass is 263 g/mol. The van der Waals surface area contributed by atoms with E-state index in [2.05, 4.69) is 5.32 Å². The minimum Gasteiger partial charge on any atom is -0.381 e. The molecule has 94 valence electrons. The maximum absolute atomic E-state index is 13.1. The molecule has 3 heteroatoms. The van der Waals surface area contributed by atoms with Gasteiger partial charge in [-0.3, -0.25) is 0 Å². The van der Waals surface area contributed by atoms with E-state index in [0.29, 0.717) is 12.1 Å². The largest absolute Gasteiger partial charge is 0.381 e. The van der Waals surface area contributed by atoms with Crippen molar-refractivity contribution in [2.45, 2.75) is 20.4 Å². The van der Waals surface area contributed by atoms with Gasteiger partial charge < -0.3 is 5.32 Å². The summed E-state index contributed by atoms with van der Waals surface area (Å²) in [6.07, 6.45) is 0. The van der Waals surface area contributed by atoms with Gasteiger partial charge in [0.15, 0.2) is 0 Å². The standard InChI is InChI=1S/C15H15ClFN/c1-10-3-4-12(8-14(10)16)9-18-13-5-6-15(17)11(2)7-13/h3-8,18H,9H2,1-2H3. The van der Waals surface area contributed by atoms with Gasteiger partial charge in [0.1, 0.15) is 5.82 Å². The Kier molecular flexibility index (Phi) is 3.87. The number of anilines is 1. The van der Waals surface area contributed by atoms with Gasteiger partial charge in [0, 0.05) is 17.3 Å². The molecular formula is C15H15ClFN. The van der Waals surface area contributed by atoms with Crippen molar-refractivity contribution in [1.29, 1.82) is 0 Å². The van der Waals surface area contributed by atoms with Gasteiger partial charge in [-0.05, 0) is 54.8 Å². The Labute approximate surface area is 112 Å². The van der Waals surface area contributed by atoms with E-state index in [-0.39, 0.29) is 5.82 Å². The molecule has 1 nitrogen and oxygen atoms in total. The molecule has 0 unspecified atom stereocenters. The third-order valence-electron chi connectivity index (χ3n) is 2.89. The fourth-order valence-electron chi connectivity index (χ4n) is 1.71. The van der Waals surface area contributed by atoms with Crippen molar-refractivity contribution >= 4 is 17.3 Å². The van der Waals surface area contributed by atoms with Crippen molar-refractivity contribution in [3.63, 3.8) is 0 Å². The van der Waals surface area contributed by atoms with Crippen molar-refractivity contribution < 1.29 is 4.39 Å². The Morgan fingerprint density at radius 3 is 2.50 bits per heavy atom. The number of aryl methyl sites for hydroxylation is 2. The Hall–Kier alpha value is -1.54. The van der Waals surface area contributed by atoms with Crippen LogP contribution in [0.25, 0.3) is 0 Å². The third-order valence-corrected chi connectivity index (χ3v) is 3.30. The predicted molar refractivity (Wildman–Crippen MR) is 74.7 cm³/mol. The first-order chi connectivity index (χ1) is 8.56. The van der Waals surface area contributed by atoms with E-state index in [9.17, 15) is 4.39 Å². The molecule has 0 atom stereocenters. The van der Waals surface area contributed by atoms with E-state index in [4.69, 9.17) is 11.6 Å². The first-order valence-electron chi connectivity index (χ1n) is 5.81. The molecule has 0 saturated carbocycles. The van der Waals surface area contributed by atoms with Gasteiger partial charge in [-0.1, -0.05) is 23.7 Å². The van der Waals surface area contributed by atoms with E-state index >= 15 is 0 Å². The average molecular weight is 264 g/mol. The quantitative estimate of drug-likeness (QED) is 0.846. The van der Waals surface area contributed by atoms with Gasteiger partial charge in [-0.2, -0.15) is 0 Å². The molecular weight excluding hydrogens is 249 g/mol. The van der Waals surface area contributed by atoms with Crippen LogP contribution in [0.15, 0.2) is 36.4 Å². The number of hydrogen-bond acceptors (Lipinski definition) is 1. The highest BCUT2D eigenvalue weighted by atomic mass is 35.5. The van der Waals surface area contributed by atoms with E-state index < -0.39 is 0 Å². The summed E-state index contributed by atoms with van der Waals surface area (Å²) in [5.74, 6) is -0.182. The van der Waals surface area contributed by atoms with Gasteiger partial charge in [-0.15, -0.1) is 0 Å². The summed E-state index contributed by atoms with van der Waals surface area (Å²) in [5, 5.41) is 4.02. The second-order valence-electron chi connectivity index (χ2n) is 4.40. The van der Waals surface area contributed by atoms with E-state index in [1.54, 1.807) is 19.1 Å². The second-order valence-corrected chi connectivity index (χ2v) is 4.81. The van der Waals surface area contributed by atoms with Gasteiger partial charge in [0.05, 0.1) is 0 Å². The van der Waals surface area contributed by atoms with Crippen LogP contribution in [-0.4, -0.2) is 0 Å². The average Bonchev–Trinajstić information content (AvgIpc) is 2.35. The highest BCUT2D eigenvalue weighted by molar-refractivity contribution is 6.31. The zero-order valence-electron chi connectivity index (χ0n) is 10.4. The minimum atomic E-state index is -0.182. The molecule has 2 aromatic rings. The van der Waals surface area contributed by atoms with Gasteiger partial charge in [-0.25, -0.2) is 4.39 Å². The number of hydrogen-bond donors (Lipinski definition) is 1. The summed E-state index contributed by atoms with van der Waals surface area (Å²) in [4.78, 5) is 0. The first kappa shape index (κ1) is 12.9. The lowest BCUT2D eigenvalue weighted by molar-refractivity contribution is 0.618. The maximum Gasteiger partial charge on any atom is 0.126 e. The number of rotatable bonds is 3. The predicted octanol–water partition coefficient (Wildman–Crippen LogP) is 4.71. The van der Waals surface area contributed by atoms with Crippen LogP contribution in [0.2, 0.25) is 5.02 Å². The van der Waals surface area contributed by atoms with Crippen LogP contribution < -0.4 is 5.32 Å². The van der Waals surface area contributed by atoms with Crippen LogP contribution >= 0.6 is 11.6 Å². The van der Waals surface area contributed by atoms with Crippen LogP contribution in [0.1, 0.15) is 16.7 Å². The van der Waals surface area contributed by atoms with E-state index in [1.807, 2.05) is 25.1 Å². The van der Waals surface area contributed by atoms with Crippen molar-refractivity contribution in [3.8, 4) is 0 Å². The molecule has 0 bridgehead atoms. The lowest BCUT2D eigenvalue weighted by Gasteiger charge is -2.09. The molecule has 0 radical (unpaired) electrons. The topological polar surface area (TPSA) is 12.0 Å².